The van der Waals surface area contributed by atoms with Gasteiger partial charge in [0.25, 0.3) is 0 Å². The SMILES string of the molecule is CCC1CCN(C(=O)CC(C)(C)CC(=O)O)CC1. The van der Waals surface area contributed by atoms with Crippen molar-refractivity contribution in [2.75, 3.05) is 13.1 Å². The van der Waals surface area contributed by atoms with Gasteiger partial charge in [-0.1, -0.05) is 27.2 Å². The molecule has 1 rings (SSSR count). The van der Waals surface area contributed by atoms with Crippen molar-refractivity contribution in [3.8, 4) is 0 Å². The van der Waals surface area contributed by atoms with Gasteiger partial charge in [-0.2, -0.15) is 0 Å². The summed E-state index contributed by atoms with van der Waals surface area (Å²) in [4.78, 5) is 24.8. The summed E-state index contributed by atoms with van der Waals surface area (Å²) in [6.07, 6.45) is 3.73. The molecule has 4 heteroatoms. The van der Waals surface area contributed by atoms with Crippen molar-refractivity contribution >= 4 is 11.9 Å². The van der Waals surface area contributed by atoms with Crippen molar-refractivity contribution in [3.63, 3.8) is 0 Å². The predicted molar refractivity (Wildman–Crippen MR) is 70.2 cm³/mol. The molecular formula is C14H25NO3. The van der Waals surface area contributed by atoms with Crippen molar-refractivity contribution in [1.29, 1.82) is 0 Å². The number of carbonyl (C=O) groups excluding carboxylic acids is 1. The Balaban J connectivity index is 2.44. The molecule has 0 aliphatic carbocycles. The molecule has 0 atom stereocenters. The molecule has 0 aromatic heterocycles. The second-order valence-corrected chi connectivity index (χ2v) is 6.14. The van der Waals surface area contributed by atoms with E-state index in [2.05, 4.69) is 6.92 Å². The summed E-state index contributed by atoms with van der Waals surface area (Å²) < 4.78 is 0. The standard InChI is InChI=1S/C14H25NO3/c1-4-11-5-7-15(8-6-11)12(16)9-14(2,3)10-13(17)18/h11H,4-10H2,1-3H3,(H,17,18). The molecule has 0 spiro atoms. The van der Waals surface area contributed by atoms with Crippen molar-refractivity contribution in [2.24, 2.45) is 11.3 Å². The lowest BCUT2D eigenvalue weighted by molar-refractivity contribution is -0.141. The van der Waals surface area contributed by atoms with Gasteiger partial charge in [0.05, 0.1) is 6.42 Å². The van der Waals surface area contributed by atoms with Gasteiger partial charge in [0.2, 0.25) is 5.91 Å². The summed E-state index contributed by atoms with van der Waals surface area (Å²) in [5.41, 5.74) is -0.454. The fourth-order valence-electron chi connectivity index (χ4n) is 2.58. The smallest absolute Gasteiger partial charge is 0.303 e. The average molecular weight is 255 g/mol. The van der Waals surface area contributed by atoms with Crippen LogP contribution in [0.15, 0.2) is 0 Å². The minimum absolute atomic E-state index is 0.0458. The van der Waals surface area contributed by atoms with Crippen LogP contribution in [0.3, 0.4) is 0 Å². The third-order valence-corrected chi connectivity index (χ3v) is 3.80. The van der Waals surface area contributed by atoms with E-state index in [9.17, 15) is 9.59 Å². The summed E-state index contributed by atoms with van der Waals surface area (Å²) in [7, 11) is 0. The molecule has 4 nitrogen and oxygen atoms in total. The Hall–Kier alpha value is -1.06. The average Bonchev–Trinajstić information content (AvgIpc) is 2.26. The first-order valence-electron chi connectivity index (χ1n) is 6.83. The van der Waals surface area contributed by atoms with Gasteiger partial charge in [0.15, 0.2) is 0 Å². The van der Waals surface area contributed by atoms with Crippen LogP contribution >= 0.6 is 0 Å². The first-order chi connectivity index (χ1) is 8.34. The van der Waals surface area contributed by atoms with E-state index in [1.54, 1.807) is 0 Å². The van der Waals surface area contributed by atoms with Gasteiger partial charge >= 0.3 is 5.97 Å². The molecule has 18 heavy (non-hydrogen) atoms. The molecule has 0 radical (unpaired) electrons. The summed E-state index contributed by atoms with van der Waals surface area (Å²) in [5.74, 6) is 0.0226. The van der Waals surface area contributed by atoms with Gasteiger partial charge in [-0.3, -0.25) is 9.59 Å². The molecule has 0 bridgehead atoms. The van der Waals surface area contributed by atoms with Gasteiger partial charge in [-0.25, -0.2) is 0 Å². The molecule has 1 fully saturated rings. The molecule has 1 heterocycles. The Morgan fingerprint density at radius 2 is 1.78 bits per heavy atom. The summed E-state index contributed by atoms with van der Waals surface area (Å²) >= 11 is 0. The van der Waals surface area contributed by atoms with Crippen molar-refractivity contribution < 1.29 is 14.7 Å². The zero-order chi connectivity index (χ0) is 13.8. The Bertz CT molecular complexity index is 304. The molecule has 0 unspecified atom stereocenters. The molecule has 1 saturated heterocycles. The van der Waals surface area contributed by atoms with E-state index in [0.717, 1.165) is 31.8 Å². The van der Waals surface area contributed by atoms with Crippen LogP contribution in [0.4, 0.5) is 0 Å². The maximum atomic E-state index is 12.1. The zero-order valence-electron chi connectivity index (χ0n) is 11.7. The third kappa shape index (κ3) is 4.67. The van der Waals surface area contributed by atoms with E-state index in [4.69, 9.17) is 5.11 Å². The molecule has 1 amide bonds. The number of likely N-dealkylation sites (tertiary alicyclic amines) is 1. The highest BCUT2D eigenvalue weighted by molar-refractivity contribution is 5.78. The number of carboxylic acid groups (broad SMARTS) is 1. The first-order valence-corrected chi connectivity index (χ1v) is 6.83. The summed E-state index contributed by atoms with van der Waals surface area (Å²) in [5, 5.41) is 8.81. The number of piperidine rings is 1. The number of carboxylic acids is 1. The highest BCUT2D eigenvalue weighted by Crippen LogP contribution is 2.28. The van der Waals surface area contributed by atoms with Crippen LogP contribution in [-0.4, -0.2) is 35.0 Å². The topological polar surface area (TPSA) is 57.6 Å². The molecule has 1 aliphatic rings. The summed E-state index contributed by atoms with van der Waals surface area (Å²) in [6, 6.07) is 0. The van der Waals surface area contributed by atoms with Crippen molar-refractivity contribution in [1.82, 2.24) is 4.90 Å². The number of rotatable bonds is 5. The zero-order valence-corrected chi connectivity index (χ0v) is 11.7. The van der Waals surface area contributed by atoms with Crippen LogP contribution in [0.25, 0.3) is 0 Å². The third-order valence-electron chi connectivity index (χ3n) is 3.80. The fourth-order valence-corrected chi connectivity index (χ4v) is 2.58. The molecule has 1 N–H and O–H groups in total. The quantitative estimate of drug-likeness (QED) is 0.821. The second kappa shape index (κ2) is 6.21. The lowest BCUT2D eigenvalue weighted by Gasteiger charge is -2.33. The number of nitrogens with zero attached hydrogens (tertiary/aromatic N) is 1. The van der Waals surface area contributed by atoms with Crippen LogP contribution in [0.1, 0.15) is 52.9 Å². The van der Waals surface area contributed by atoms with Crippen LogP contribution in [0, 0.1) is 11.3 Å². The lowest BCUT2D eigenvalue weighted by Crippen LogP contribution is -2.40. The van der Waals surface area contributed by atoms with Gasteiger partial charge in [0, 0.05) is 19.5 Å². The highest BCUT2D eigenvalue weighted by atomic mass is 16.4. The van der Waals surface area contributed by atoms with Crippen LogP contribution < -0.4 is 0 Å². The minimum Gasteiger partial charge on any atom is -0.481 e. The van der Waals surface area contributed by atoms with E-state index in [-0.39, 0.29) is 12.3 Å². The van der Waals surface area contributed by atoms with Gasteiger partial charge < -0.3 is 10.0 Å². The second-order valence-electron chi connectivity index (χ2n) is 6.14. The molecule has 104 valence electrons. The highest BCUT2D eigenvalue weighted by Gasteiger charge is 2.29. The Kier molecular flexibility index (Phi) is 5.17. The molecule has 0 aromatic carbocycles. The monoisotopic (exact) mass is 255 g/mol. The van der Waals surface area contributed by atoms with Crippen LogP contribution in [-0.2, 0) is 9.59 Å². The van der Waals surface area contributed by atoms with E-state index in [1.165, 1.54) is 6.42 Å². The van der Waals surface area contributed by atoms with E-state index in [0.29, 0.717) is 6.42 Å². The summed E-state index contributed by atoms with van der Waals surface area (Å²) in [6.45, 7) is 7.55. The number of aliphatic carboxylic acids is 1. The van der Waals surface area contributed by atoms with Crippen molar-refractivity contribution in [2.45, 2.75) is 52.9 Å². The number of amides is 1. The largest absolute Gasteiger partial charge is 0.481 e. The molecule has 0 aromatic rings. The van der Waals surface area contributed by atoms with Gasteiger partial charge in [-0.15, -0.1) is 0 Å². The minimum atomic E-state index is -0.836. The first kappa shape index (κ1) is 15.0. The Morgan fingerprint density at radius 1 is 1.22 bits per heavy atom. The van der Waals surface area contributed by atoms with Gasteiger partial charge in [-0.05, 0) is 24.2 Å². The van der Waals surface area contributed by atoms with Gasteiger partial charge in [0.1, 0.15) is 0 Å². The Labute approximate surface area is 109 Å². The number of hydrogen-bond acceptors (Lipinski definition) is 2. The Morgan fingerprint density at radius 3 is 2.22 bits per heavy atom. The predicted octanol–water partition coefficient (Wildman–Crippen LogP) is 2.53. The number of carbonyl (C=O) groups is 2. The number of hydrogen-bond donors (Lipinski definition) is 1. The van der Waals surface area contributed by atoms with Crippen molar-refractivity contribution in [3.05, 3.63) is 0 Å². The fraction of sp³-hybridized carbons (Fsp3) is 0.857. The van der Waals surface area contributed by atoms with Crippen LogP contribution in [0.5, 0.6) is 0 Å². The van der Waals surface area contributed by atoms with E-state index < -0.39 is 11.4 Å². The maximum Gasteiger partial charge on any atom is 0.303 e. The normalized spacial score (nSPS) is 17.8. The maximum absolute atomic E-state index is 12.1. The van der Waals surface area contributed by atoms with E-state index >= 15 is 0 Å². The van der Waals surface area contributed by atoms with Crippen LogP contribution in [0.2, 0.25) is 0 Å². The molecular weight excluding hydrogens is 230 g/mol. The lowest BCUT2D eigenvalue weighted by atomic mass is 9.84. The van der Waals surface area contributed by atoms with E-state index in [1.807, 2.05) is 18.7 Å². The molecule has 1 aliphatic heterocycles. The molecule has 0 saturated carbocycles.